The molecule has 0 bridgehead atoms. The van der Waals surface area contributed by atoms with Crippen LogP contribution < -0.4 is 19.6 Å². The monoisotopic (exact) mass is 598 g/mol. The van der Waals surface area contributed by atoms with E-state index < -0.39 is 18.2 Å². The molecule has 0 aliphatic rings. The van der Waals surface area contributed by atoms with E-state index in [0.29, 0.717) is 32.7 Å². The zero-order valence-electron chi connectivity index (χ0n) is 22.3. The SMILES string of the molecule is Cc1ccc(C(=O)Oc2ccc3ccccc3c2/C=N\NC(=O)C(Oc2ccc(Cl)cc2)Oc2ccc(Cl)cc2)cc1. The summed E-state index contributed by atoms with van der Waals surface area (Å²) in [5, 5.41) is 6.86. The van der Waals surface area contributed by atoms with E-state index in [4.69, 9.17) is 37.4 Å². The number of carbonyl (C=O) groups excluding carboxylic acids is 2. The number of rotatable bonds is 9. The summed E-state index contributed by atoms with van der Waals surface area (Å²) >= 11 is 12.0. The van der Waals surface area contributed by atoms with Crippen molar-refractivity contribution >= 4 is 52.1 Å². The maximum Gasteiger partial charge on any atom is 0.343 e. The number of amides is 1. The Labute approximate surface area is 252 Å². The molecule has 1 amide bonds. The van der Waals surface area contributed by atoms with Crippen molar-refractivity contribution in [1.29, 1.82) is 0 Å². The zero-order chi connectivity index (χ0) is 29.5. The minimum atomic E-state index is -1.41. The minimum absolute atomic E-state index is 0.281. The Morgan fingerprint density at radius 3 is 1.98 bits per heavy atom. The number of benzene rings is 5. The number of esters is 1. The van der Waals surface area contributed by atoms with Gasteiger partial charge in [-0.2, -0.15) is 5.10 Å². The van der Waals surface area contributed by atoms with Crippen LogP contribution >= 0.6 is 23.2 Å². The highest BCUT2D eigenvalue weighted by Gasteiger charge is 2.23. The van der Waals surface area contributed by atoms with Gasteiger partial charge in [0.05, 0.1) is 11.8 Å². The van der Waals surface area contributed by atoms with Gasteiger partial charge in [0.1, 0.15) is 17.2 Å². The van der Waals surface area contributed by atoms with Crippen LogP contribution in [0.25, 0.3) is 10.8 Å². The number of hydrogen-bond donors (Lipinski definition) is 1. The second-order valence-electron chi connectivity index (χ2n) is 9.16. The molecular weight excluding hydrogens is 575 g/mol. The lowest BCUT2D eigenvalue weighted by Crippen LogP contribution is -2.40. The third-order valence-corrected chi connectivity index (χ3v) is 6.62. The van der Waals surface area contributed by atoms with E-state index in [2.05, 4.69) is 10.5 Å². The Hall–Kier alpha value is -4.85. The van der Waals surface area contributed by atoms with E-state index in [0.717, 1.165) is 16.3 Å². The molecular formula is C33H24Cl2N2O5. The van der Waals surface area contributed by atoms with Crippen molar-refractivity contribution in [1.82, 2.24) is 5.43 Å². The number of aryl methyl sites for hydroxylation is 1. The van der Waals surface area contributed by atoms with Gasteiger partial charge in [0.15, 0.2) is 0 Å². The maximum atomic E-state index is 13.2. The van der Waals surface area contributed by atoms with E-state index in [1.807, 2.05) is 49.4 Å². The minimum Gasteiger partial charge on any atom is -0.446 e. The number of hydrogen-bond acceptors (Lipinski definition) is 6. The Morgan fingerprint density at radius 1 is 0.762 bits per heavy atom. The summed E-state index contributed by atoms with van der Waals surface area (Å²) in [5.74, 6) is -0.205. The zero-order valence-corrected chi connectivity index (χ0v) is 23.8. The molecule has 0 aliphatic carbocycles. The first-order chi connectivity index (χ1) is 20.4. The van der Waals surface area contributed by atoms with Crippen LogP contribution in [0.5, 0.6) is 17.2 Å². The maximum absolute atomic E-state index is 13.2. The third kappa shape index (κ3) is 7.26. The highest BCUT2D eigenvalue weighted by molar-refractivity contribution is 6.30. The van der Waals surface area contributed by atoms with Crippen LogP contribution in [0.3, 0.4) is 0 Å². The molecule has 210 valence electrons. The van der Waals surface area contributed by atoms with Gasteiger partial charge in [-0.3, -0.25) is 4.79 Å². The summed E-state index contributed by atoms with van der Waals surface area (Å²) in [6.45, 7) is 1.94. The molecule has 42 heavy (non-hydrogen) atoms. The number of ether oxygens (including phenoxy) is 3. The molecule has 0 saturated heterocycles. The van der Waals surface area contributed by atoms with Gasteiger partial charge in [-0.25, -0.2) is 10.2 Å². The number of hydrazone groups is 1. The van der Waals surface area contributed by atoms with Gasteiger partial charge in [0.25, 0.3) is 0 Å². The average molecular weight is 599 g/mol. The van der Waals surface area contributed by atoms with E-state index in [1.165, 1.54) is 6.21 Å². The van der Waals surface area contributed by atoms with Crippen molar-refractivity contribution in [2.24, 2.45) is 5.10 Å². The molecule has 5 aromatic rings. The van der Waals surface area contributed by atoms with Crippen LogP contribution in [-0.2, 0) is 4.79 Å². The molecule has 0 spiro atoms. The average Bonchev–Trinajstić information content (AvgIpc) is 3.00. The van der Waals surface area contributed by atoms with E-state index in [-0.39, 0.29) is 5.75 Å². The van der Waals surface area contributed by atoms with Crippen LogP contribution in [-0.4, -0.2) is 24.4 Å². The summed E-state index contributed by atoms with van der Waals surface area (Å²) in [7, 11) is 0. The van der Waals surface area contributed by atoms with Gasteiger partial charge >= 0.3 is 18.2 Å². The summed E-state index contributed by atoms with van der Waals surface area (Å²) in [6.07, 6.45) is 0.00968. The van der Waals surface area contributed by atoms with E-state index in [9.17, 15) is 9.59 Å². The fraction of sp³-hybridized carbons (Fsp3) is 0.0606. The summed E-state index contributed by atoms with van der Waals surface area (Å²) in [4.78, 5) is 26.1. The second-order valence-corrected chi connectivity index (χ2v) is 10.0. The molecule has 5 aromatic carbocycles. The highest BCUT2D eigenvalue weighted by atomic mass is 35.5. The van der Waals surface area contributed by atoms with Crippen LogP contribution in [0.1, 0.15) is 21.5 Å². The predicted octanol–water partition coefficient (Wildman–Crippen LogP) is 7.61. The van der Waals surface area contributed by atoms with Crippen LogP contribution in [0.2, 0.25) is 10.0 Å². The number of carbonyl (C=O) groups is 2. The first-order valence-electron chi connectivity index (χ1n) is 12.8. The van der Waals surface area contributed by atoms with Crippen molar-refractivity contribution in [2.75, 3.05) is 0 Å². The molecule has 7 nitrogen and oxygen atoms in total. The molecule has 0 heterocycles. The number of nitrogens with one attached hydrogen (secondary N) is 1. The predicted molar refractivity (Wildman–Crippen MR) is 164 cm³/mol. The summed E-state index contributed by atoms with van der Waals surface area (Å²) in [5.41, 5.74) is 4.40. The largest absolute Gasteiger partial charge is 0.446 e. The van der Waals surface area contributed by atoms with Gasteiger partial charge in [-0.05, 0) is 84.4 Å². The molecule has 9 heteroatoms. The van der Waals surface area contributed by atoms with Crippen molar-refractivity contribution in [2.45, 2.75) is 13.2 Å². The first-order valence-corrected chi connectivity index (χ1v) is 13.6. The molecule has 0 unspecified atom stereocenters. The Morgan fingerprint density at radius 2 is 1.36 bits per heavy atom. The summed E-state index contributed by atoms with van der Waals surface area (Å²) < 4.78 is 17.4. The molecule has 0 aromatic heterocycles. The van der Waals surface area contributed by atoms with Crippen molar-refractivity contribution in [3.05, 3.63) is 136 Å². The van der Waals surface area contributed by atoms with E-state index in [1.54, 1.807) is 66.7 Å². The normalized spacial score (nSPS) is 11.0. The fourth-order valence-electron chi connectivity index (χ4n) is 3.96. The Balaban J connectivity index is 1.39. The van der Waals surface area contributed by atoms with Crippen LogP contribution in [0.15, 0.2) is 114 Å². The molecule has 0 atom stereocenters. The number of nitrogens with zero attached hydrogens (tertiary/aromatic N) is 1. The van der Waals surface area contributed by atoms with Gasteiger partial charge in [0, 0.05) is 15.6 Å². The smallest absolute Gasteiger partial charge is 0.343 e. The molecule has 0 saturated carbocycles. The molecule has 0 aliphatic heterocycles. The quantitative estimate of drug-likeness (QED) is 0.0620. The number of halogens is 2. The lowest BCUT2D eigenvalue weighted by Gasteiger charge is -2.19. The topological polar surface area (TPSA) is 86.2 Å². The van der Waals surface area contributed by atoms with E-state index >= 15 is 0 Å². The fourth-order valence-corrected chi connectivity index (χ4v) is 4.22. The van der Waals surface area contributed by atoms with Gasteiger partial charge in [-0.15, -0.1) is 0 Å². The highest BCUT2D eigenvalue weighted by Crippen LogP contribution is 2.28. The van der Waals surface area contributed by atoms with Crippen molar-refractivity contribution in [3.8, 4) is 17.2 Å². The van der Waals surface area contributed by atoms with Gasteiger partial charge in [0.2, 0.25) is 0 Å². The molecule has 5 rings (SSSR count). The van der Waals surface area contributed by atoms with Gasteiger partial charge in [-0.1, -0.05) is 71.2 Å². The standard InChI is InChI=1S/C33H24Cl2N2O5/c1-21-6-8-23(9-7-21)32(39)42-30-19-10-22-4-2-3-5-28(22)29(30)20-36-37-31(38)33(40-26-15-11-24(34)12-16-26)41-27-17-13-25(35)14-18-27/h2-20,33H,1H3,(H,37,38)/b36-20-. The van der Waals surface area contributed by atoms with Crippen molar-refractivity contribution < 1.29 is 23.8 Å². The van der Waals surface area contributed by atoms with Crippen LogP contribution in [0.4, 0.5) is 0 Å². The van der Waals surface area contributed by atoms with Crippen molar-refractivity contribution in [3.63, 3.8) is 0 Å². The lowest BCUT2D eigenvalue weighted by atomic mass is 10.0. The summed E-state index contributed by atoms with van der Waals surface area (Å²) in [6, 6.07) is 31.1. The van der Waals surface area contributed by atoms with Gasteiger partial charge < -0.3 is 14.2 Å². The Kier molecular flexibility index (Phi) is 9.02. The second kappa shape index (κ2) is 13.2. The molecule has 0 radical (unpaired) electrons. The first kappa shape index (κ1) is 28.7. The Bertz CT molecular complexity index is 1690. The number of fused-ring (bicyclic) bond motifs is 1. The molecule has 1 N–H and O–H groups in total. The van der Waals surface area contributed by atoms with Crippen LogP contribution in [0, 0.1) is 6.92 Å². The third-order valence-electron chi connectivity index (χ3n) is 6.12. The lowest BCUT2D eigenvalue weighted by molar-refractivity contribution is -0.140. The molecule has 0 fully saturated rings.